The van der Waals surface area contributed by atoms with Crippen LogP contribution in [0.1, 0.15) is 19.8 Å². The van der Waals surface area contributed by atoms with E-state index in [2.05, 4.69) is 15.6 Å². The van der Waals surface area contributed by atoms with Gasteiger partial charge < -0.3 is 21.1 Å². The number of rotatable bonds is 7. The zero-order chi connectivity index (χ0) is 12.7. The molecule has 1 saturated carbocycles. The Morgan fingerprint density at radius 2 is 2.22 bits per heavy atom. The highest BCUT2D eigenvalue weighted by molar-refractivity contribution is 14.0. The summed E-state index contributed by atoms with van der Waals surface area (Å²) in [6, 6.07) is 0.129. The van der Waals surface area contributed by atoms with Crippen LogP contribution in [-0.2, 0) is 9.53 Å². The van der Waals surface area contributed by atoms with Crippen molar-refractivity contribution in [3.63, 3.8) is 0 Å². The molecule has 18 heavy (non-hydrogen) atoms. The summed E-state index contributed by atoms with van der Waals surface area (Å²) in [5.41, 5.74) is 5.66. The predicted octanol–water partition coefficient (Wildman–Crippen LogP) is 0.0698. The van der Waals surface area contributed by atoms with E-state index in [1.54, 1.807) is 7.11 Å². The number of nitrogens with two attached hydrogens (primary N) is 1. The predicted molar refractivity (Wildman–Crippen MR) is 82.1 cm³/mol. The normalized spacial score (nSPS) is 16.7. The molecule has 1 aliphatic carbocycles. The summed E-state index contributed by atoms with van der Waals surface area (Å²) in [7, 11) is 1.64. The molecule has 0 saturated heterocycles. The Bertz CT molecular complexity index is 282. The monoisotopic (exact) mass is 370 g/mol. The summed E-state index contributed by atoms with van der Waals surface area (Å²) >= 11 is 0. The van der Waals surface area contributed by atoms with Gasteiger partial charge in [-0.25, -0.2) is 0 Å². The second-order valence-corrected chi connectivity index (χ2v) is 4.33. The van der Waals surface area contributed by atoms with Crippen LogP contribution < -0.4 is 16.4 Å². The van der Waals surface area contributed by atoms with Gasteiger partial charge in [0.1, 0.15) is 0 Å². The number of hydrogen-bond donors (Lipinski definition) is 3. The van der Waals surface area contributed by atoms with Crippen LogP contribution in [0.3, 0.4) is 0 Å². The summed E-state index contributed by atoms with van der Waals surface area (Å²) in [4.78, 5) is 15.4. The van der Waals surface area contributed by atoms with Crippen molar-refractivity contribution in [3.05, 3.63) is 0 Å². The molecule has 6 nitrogen and oxygen atoms in total. The van der Waals surface area contributed by atoms with E-state index < -0.39 is 0 Å². The van der Waals surface area contributed by atoms with E-state index in [-0.39, 0.29) is 41.8 Å². The first-order chi connectivity index (χ1) is 8.13. The number of nitrogens with one attached hydrogen (secondary N) is 2. The molecule has 1 atom stereocenters. The lowest BCUT2D eigenvalue weighted by atomic mass is 10.4. The lowest BCUT2D eigenvalue weighted by molar-refractivity contribution is -0.122. The molecule has 1 amide bonds. The number of carbonyl (C=O) groups excluding carboxylic acids is 1. The van der Waals surface area contributed by atoms with Crippen LogP contribution in [0, 0.1) is 5.92 Å². The third-order valence-electron chi connectivity index (χ3n) is 2.45. The SMILES string of the molecule is COCC(C)NC(N)=NCCNC(=O)C1CC1.I. The molecule has 0 aromatic rings. The lowest BCUT2D eigenvalue weighted by Crippen LogP contribution is -2.41. The number of aliphatic imine (C=N–C) groups is 1. The fourth-order valence-electron chi connectivity index (χ4n) is 1.44. The van der Waals surface area contributed by atoms with Crippen molar-refractivity contribution in [2.45, 2.75) is 25.8 Å². The Morgan fingerprint density at radius 3 is 2.78 bits per heavy atom. The molecule has 1 fully saturated rings. The highest BCUT2D eigenvalue weighted by Gasteiger charge is 2.28. The smallest absolute Gasteiger partial charge is 0.223 e. The number of ether oxygens (including phenoxy) is 1. The fraction of sp³-hybridized carbons (Fsp3) is 0.818. The van der Waals surface area contributed by atoms with Crippen molar-refractivity contribution in [3.8, 4) is 0 Å². The first-order valence-corrected chi connectivity index (χ1v) is 5.96. The van der Waals surface area contributed by atoms with Crippen molar-refractivity contribution in [2.24, 2.45) is 16.6 Å². The number of halogens is 1. The zero-order valence-electron chi connectivity index (χ0n) is 10.9. The first-order valence-electron chi connectivity index (χ1n) is 5.96. The summed E-state index contributed by atoms with van der Waals surface area (Å²) < 4.78 is 4.96. The molecule has 0 aliphatic heterocycles. The van der Waals surface area contributed by atoms with Gasteiger partial charge in [0.2, 0.25) is 5.91 Å². The van der Waals surface area contributed by atoms with Gasteiger partial charge in [-0.3, -0.25) is 9.79 Å². The second-order valence-electron chi connectivity index (χ2n) is 4.33. The summed E-state index contributed by atoms with van der Waals surface area (Å²) in [6.45, 7) is 3.57. The summed E-state index contributed by atoms with van der Waals surface area (Å²) in [5, 5.41) is 5.82. The molecule has 106 valence electrons. The third-order valence-corrected chi connectivity index (χ3v) is 2.45. The Labute approximate surface area is 125 Å². The summed E-state index contributed by atoms with van der Waals surface area (Å²) in [5.74, 6) is 0.769. The van der Waals surface area contributed by atoms with Gasteiger partial charge >= 0.3 is 0 Å². The number of nitrogens with zero attached hydrogens (tertiary/aromatic N) is 1. The molecular weight excluding hydrogens is 347 g/mol. The van der Waals surface area contributed by atoms with Gasteiger partial charge in [0.15, 0.2) is 5.96 Å². The van der Waals surface area contributed by atoms with E-state index in [1.807, 2.05) is 6.92 Å². The average molecular weight is 370 g/mol. The van der Waals surface area contributed by atoms with E-state index >= 15 is 0 Å². The number of carbonyl (C=O) groups is 1. The van der Waals surface area contributed by atoms with E-state index in [4.69, 9.17) is 10.5 Å². The fourth-order valence-corrected chi connectivity index (χ4v) is 1.44. The van der Waals surface area contributed by atoms with Gasteiger partial charge in [-0.15, -0.1) is 24.0 Å². The first kappa shape index (κ1) is 17.4. The lowest BCUT2D eigenvalue weighted by Gasteiger charge is -2.13. The standard InChI is InChI=1S/C11H22N4O2.HI/c1-8(7-17-2)15-11(12)14-6-5-13-10(16)9-3-4-9;/h8-9H,3-7H2,1-2H3,(H,13,16)(H3,12,14,15);1H. The van der Waals surface area contributed by atoms with Crippen LogP contribution in [0.4, 0.5) is 0 Å². The third kappa shape index (κ3) is 7.70. The highest BCUT2D eigenvalue weighted by Crippen LogP contribution is 2.28. The largest absolute Gasteiger partial charge is 0.383 e. The van der Waals surface area contributed by atoms with Crippen molar-refractivity contribution < 1.29 is 9.53 Å². The van der Waals surface area contributed by atoms with Gasteiger partial charge in [-0.2, -0.15) is 0 Å². The molecule has 0 spiro atoms. The van der Waals surface area contributed by atoms with Gasteiger partial charge in [0.05, 0.1) is 13.2 Å². The molecule has 1 aliphatic rings. The van der Waals surface area contributed by atoms with Gasteiger partial charge in [0.25, 0.3) is 0 Å². The van der Waals surface area contributed by atoms with Crippen LogP contribution in [0.25, 0.3) is 0 Å². The van der Waals surface area contributed by atoms with Crippen molar-refractivity contribution in [1.82, 2.24) is 10.6 Å². The Morgan fingerprint density at radius 1 is 1.56 bits per heavy atom. The zero-order valence-corrected chi connectivity index (χ0v) is 13.3. The minimum atomic E-state index is 0. The number of hydrogen-bond acceptors (Lipinski definition) is 3. The van der Waals surface area contributed by atoms with Crippen LogP contribution in [0.2, 0.25) is 0 Å². The number of guanidine groups is 1. The molecule has 0 bridgehead atoms. The van der Waals surface area contributed by atoms with Crippen molar-refractivity contribution in [1.29, 1.82) is 0 Å². The summed E-state index contributed by atoms with van der Waals surface area (Å²) in [6.07, 6.45) is 2.04. The number of amides is 1. The minimum Gasteiger partial charge on any atom is -0.383 e. The van der Waals surface area contributed by atoms with Crippen molar-refractivity contribution in [2.75, 3.05) is 26.8 Å². The number of methoxy groups -OCH3 is 1. The maximum Gasteiger partial charge on any atom is 0.223 e. The van der Waals surface area contributed by atoms with E-state index in [1.165, 1.54) is 0 Å². The molecule has 0 aromatic heterocycles. The maximum absolute atomic E-state index is 11.3. The molecule has 4 N–H and O–H groups in total. The van der Waals surface area contributed by atoms with E-state index in [9.17, 15) is 4.79 Å². The molecular formula is C11H23IN4O2. The Hall–Kier alpha value is -0.570. The average Bonchev–Trinajstić information content (AvgIpc) is 3.08. The highest BCUT2D eigenvalue weighted by atomic mass is 127. The molecule has 0 radical (unpaired) electrons. The molecule has 7 heteroatoms. The second kappa shape index (κ2) is 9.37. The molecule has 1 rings (SSSR count). The van der Waals surface area contributed by atoms with Crippen LogP contribution in [-0.4, -0.2) is 44.7 Å². The maximum atomic E-state index is 11.3. The minimum absolute atomic E-state index is 0. The van der Waals surface area contributed by atoms with Gasteiger partial charge in [-0.1, -0.05) is 0 Å². The molecule has 0 heterocycles. The van der Waals surface area contributed by atoms with Crippen molar-refractivity contribution >= 4 is 35.8 Å². The van der Waals surface area contributed by atoms with E-state index in [0.29, 0.717) is 25.7 Å². The quantitative estimate of drug-likeness (QED) is 0.256. The van der Waals surface area contributed by atoms with Gasteiger partial charge in [0, 0.05) is 25.6 Å². The Balaban J connectivity index is 0.00000289. The van der Waals surface area contributed by atoms with Gasteiger partial charge in [-0.05, 0) is 19.8 Å². The Kier molecular flexibility index (Phi) is 9.08. The van der Waals surface area contributed by atoms with Crippen LogP contribution in [0.5, 0.6) is 0 Å². The van der Waals surface area contributed by atoms with E-state index in [0.717, 1.165) is 12.8 Å². The molecule has 0 aromatic carbocycles. The molecule has 1 unspecified atom stereocenters. The van der Waals surface area contributed by atoms with Crippen LogP contribution >= 0.6 is 24.0 Å². The van der Waals surface area contributed by atoms with Crippen LogP contribution in [0.15, 0.2) is 4.99 Å². The topological polar surface area (TPSA) is 88.7 Å².